The largest absolute Gasteiger partial charge is 0.399 e. The van der Waals surface area contributed by atoms with Gasteiger partial charge in [-0.1, -0.05) is 63.6 Å². The van der Waals surface area contributed by atoms with Gasteiger partial charge in [-0.15, -0.1) is 0 Å². The number of carbonyl (C=O) groups excluding carboxylic acids is 1. The third kappa shape index (κ3) is 7.08. The average molecular weight is 535 g/mol. The number of aryl methyl sites for hydroxylation is 2. The van der Waals surface area contributed by atoms with Gasteiger partial charge in [0.05, 0.1) is 21.9 Å². The maximum Gasteiger partial charge on any atom is 0.294 e. The lowest BCUT2D eigenvalue weighted by Gasteiger charge is -2.12. The maximum absolute atomic E-state index is 13.0. The highest BCUT2D eigenvalue weighted by molar-refractivity contribution is 7.85. The molecule has 0 spiro atoms. The van der Waals surface area contributed by atoms with E-state index in [4.69, 9.17) is 10.3 Å². The van der Waals surface area contributed by atoms with Crippen molar-refractivity contribution in [3.63, 3.8) is 0 Å². The van der Waals surface area contributed by atoms with E-state index in [0.29, 0.717) is 23.4 Å². The molecular formula is C29H34N4O4S. The summed E-state index contributed by atoms with van der Waals surface area (Å²) in [4.78, 5) is 12.7. The molecule has 0 atom stereocenters. The lowest BCUT2D eigenvalue weighted by Crippen LogP contribution is -2.22. The minimum absolute atomic E-state index is 0.237. The van der Waals surface area contributed by atoms with E-state index < -0.39 is 10.1 Å². The van der Waals surface area contributed by atoms with Gasteiger partial charge in [-0.3, -0.25) is 9.35 Å². The number of nitrogen functional groups attached to an aromatic ring is 1. The summed E-state index contributed by atoms with van der Waals surface area (Å²) in [5, 5.41) is 8.91. The van der Waals surface area contributed by atoms with Gasteiger partial charge in [-0.2, -0.15) is 18.5 Å². The van der Waals surface area contributed by atoms with Gasteiger partial charge in [0, 0.05) is 17.6 Å². The van der Waals surface area contributed by atoms with Crippen LogP contribution < -0.4 is 16.1 Å². The second-order valence-corrected chi connectivity index (χ2v) is 10.1. The van der Waals surface area contributed by atoms with Crippen molar-refractivity contribution in [1.82, 2.24) is 0 Å². The van der Waals surface area contributed by atoms with Crippen LogP contribution in [0.15, 0.2) is 94.6 Å². The Kier molecular flexibility index (Phi) is 9.81. The summed E-state index contributed by atoms with van der Waals surface area (Å²) < 4.78 is 31.6. The average Bonchev–Trinajstić information content (AvgIpc) is 3.22. The monoisotopic (exact) mass is 534 g/mol. The van der Waals surface area contributed by atoms with Gasteiger partial charge in [-0.25, -0.2) is 0 Å². The summed E-state index contributed by atoms with van der Waals surface area (Å²) >= 11 is 0. The molecule has 1 heterocycles. The Bertz CT molecular complexity index is 1430. The van der Waals surface area contributed by atoms with E-state index >= 15 is 0 Å². The highest BCUT2D eigenvalue weighted by Gasteiger charge is 2.30. The number of nitrogens with one attached hydrogen (secondary N) is 1. The minimum Gasteiger partial charge on any atom is -0.399 e. The van der Waals surface area contributed by atoms with E-state index in [-0.39, 0.29) is 10.8 Å². The summed E-state index contributed by atoms with van der Waals surface area (Å²) in [5.41, 5.74) is 11.4. The number of anilines is 3. The van der Waals surface area contributed by atoms with E-state index in [9.17, 15) is 13.2 Å². The van der Waals surface area contributed by atoms with Gasteiger partial charge >= 0.3 is 0 Å². The molecule has 38 heavy (non-hydrogen) atoms. The molecule has 9 heteroatoms. The third-order valence-corrected chi connectivity index (χ3v) is 6.89. The van der Waals surface area contributed by atoms with E-state index in [1.54, 1.807) is 6.20 Å². The smallest absolute Gasteiger partial charge is 0.294 e. The molecule has 0 fully saturated rings. The predicted molar refractivity (Wildman–Crippen MR) is 154 cm³/mol. The molecule has 3 aromatic rings. The molecule has 4 N–H and O–H groups in total. The number of hydrazone groups is 1. The standard InChI is InChI=1S/C21H23N3O4S.C8H11N/c1-3-7-20-18(14-22-19-9-6-5-8-15(19)4-2)21(25)24(23-20)16-10-12-17(13-11-16)29(26,27)28;1-2-7-5-3-4-6-8(7)9/h5-6,8-14,22H,3-4,7H2,1-2H3,(H,26,27,28);3-6H,2,9H2,1H3. The Morgan fingerprint density at radius 2 is 1.53 bits per heavy atom. The first-order chi connectivity index (χ1) is 18.2. The van der Waals surface area contributed by atoms with Crippen LogP contribution in [-0.4, -0.2) is 24.6 Å². The Morgan fingerprint density at radius 3 is 2.08 bits per heavy atom. The first-order valence-corrected chi connectivity index (χ1v) is 14.0. The molecule has 1 amide bonds. The van der Waals surface area contributed by atoms with E-state index in [1.165, 1.54) is 34.8 Å². The first kappa shape index (κ1) is 28.6. The fourth-order valence-electron chi connectivity index (χ4n) is 3.93. The second kappa shape index (κ2) is 13.0. The van der Waals surface area contributed by atoms with Crippen molar-refractivity contribution in [1.29, 1.82) is 0 Å². The van der Waals surface area contributed by atoms with Crippen LogP contribution in [0.1, 0.15) is 44.7 Å². The summed E-state index contributed by atoms with van der Waals surface area (Å²) in [7, 11) is -4.29. The van der Waals surface area contributed by atoms with Gasteiger partial charge < -0.3 is 11.1 Å². The first-order valence-electron chi connectivity index (χ1n) is 12.6. The van der Waals surface area contributed by atoms with Crippen LogP contribution in [-0.2, 0) is 27.8 Å². The van der Waals surface area contributed by atoms with Crippen LogP contribution in [0.3, 0.4) is 0 Å². The molecule has 0 saturated heterocycles. The number of rotatable bonds is 8. The van der Waals surface area contributed by atoms with Gasteiger partial charge in [0.25, 0.3) is 16.0 Å². The number of hydrogen-bond acceptors (Lipinski definition) is 6. The van der Waals surface area contributed by atoms with Crippen molar-refractivity contribution in [2.45, 2.75) is 51.3 Å². The highest BCUT2D eigenvalue weighted by Crippen LogP contribution is 2.27. The molecule has 200 valence electrons. The van der Waals surface area contributed by atoms with Crippen LogP contribution in [0.2, 0.25) is 0 Å². The van der Waals surface area contributed by atoms with E-state index in [2.05, 4.69) is 30.3 Å². The zero-order valence-corrected chi connectivity index (χ0v) is 22.7. The summed E-state index contributed by atoms with van der Waals surface area (Å²) in [6, 6.07) is 21.2. The van der Waals surface area contributed by atoms with E-state index in [0.717, 1.165) is 36.2 Å². The molecule has 0 bridgehead atoms. The van der Waals surface area contributed by atoms with Crippen LogP contribution >= 0.6 is 0 Å². The van der Waals surface area contributed by atoms with Crippen molar-refractivity contribution < 1.29 is 17.8 Å². The number of carbonyl (C=O) groups is 1. The molecule has 4 rings (SSSR count). The fourth-order valence-corrected chi connectivity index (χ4v) is 4.41. The zero-order valence-electron chi connectivity index (χ0n) is 21.9. The lowest BCUT2D eigenvalue weighted by atomic mass is 10.1. The van der Waals surface area contributed by atoms with Crippen LogP contribution in [0, 0.1) is 0 Å². The quantitative estimate of drug-likeness (QED) is 0.190. The molecule has 0 saturated carbocycles. The topological polar surface area (TPSA) is 125 Å². The summed E-state index contributed by atoms with van der Waals surface area (Å²) in [5.74, 6) is -0.297. The molecular weight excluding hydrogens is 500 g/mol. The number of hydrogen-bond donors (Lipinski definition) is 3. The van der Waals surface area contributed by atoms with Crippen LogP contribution in [0.25, 0.3) is 0 Å². The van der Waals surface area contributed by atoms with Crippen LogP contribution in [0.4, 0.5) is 17.1 Å². The number of amides is 1. The summed E-state index contributed by atoms with van der Waals surface area (Å²) in [6.07, 6.45) is 5.02. The Morgan fingerprint density at radius 1 is 0.921 bits per heavy atom. The van der Waals surface area contributed by atoms with Gasteiger partial charge in [0.2, 0.25) is 0 Å². The molecule has 3 aromatic carbocycles. The maximum atomic E-state index is 13.0. The van der Waals surface area contributed by atoms with Crippen molar-refractivity contribution in [2.75, 3.05) is 16.1 Å². The van der Waals surface area contributed by atoms with Gasteiger partial charge in [0.15, 0.2) is 0 Å². The zero-order chi connectivity index (χ0) is 27.7. The van der Waals surface area contributed by atoms with Gasteiger partial charge in [-0.05, 0) is 66.8 Å². The third-order valence-electron chi connectivity index (χ3n) is 6.03. The van der Waals surface area contributed by atoms with Crippen molar-refractivity contribution in [3.8, 4) is 0 Å². The Balaban J connectivity index is 0.000000375. The number of nitrogens with zero attached hydrogens (tertiary/aromatic N) is 2. The molecule has 0 aliphatic carbocycles. The second-order valence-electron chi connectivity index (χ2n) is 8.65. The minimum atomic E-state index is -4.29. The molecule has 1 aliphatic heterocycles. The summed E-state index contributed by atoms with van der Waals surface area (Å²) in [6.45, 7) is 6.18. The number of benzene rings is 3. The number of para-hydroxylation sites is 2. The normalized spacial score (nSPS) is 14.2. The van der Waals surface area contributed by atoms with Crippen molar-refractivity contribution in [2.24, 2.45) is 5.10 Å². The lowest BCUT2D eigenvalue weighted by molar-refractivity contribution is -0.114. The van der Waals surface area contributed by atoms with Crippen molar-refractivity contribution >= 4 is 38.8 Å². The molecule has 0 radical (unpaired) electrons. The Labute approximate surface area is 224 Å². The van der Waals surface area contributed by atoms with E-state index in [1.807, 2.05) is 49.4 Å². The molecule has 1 aliphatic rings. The Hall–Kier alpha value is -3.95. The number of nitrogens with two attached hydrogens (primary N) is 1. The molecule has 8 nitrogen and oxygen atoms in total. The van der Waals surface area contributed by atoms with Crippen LogP contribution in [0.5, 0.6) is 0 Å². The molecule has 0 unspecified atom stereocenters. The van der Waals surface area contributed by atoms with Crippen molar-refractivity contribution in [3.05, 3.63) is 95.7 Å². The highest BCUT2D eigenvalue weighted by atomic mass is 32.2. The predicted octanol–water partition coefficient (Wildman–Crippen LogP) is 5.83. The fraction of sp³-hybridized carbons (Fsp3) is 0.241. The SMILES string of the molecule is CCCC1=NN(c2ccc(S(=O)(=O)O)cc2)C(=O)C1=CNc1ccccc1CC.CCc1ccccc1N. The van der Waals surface area contributed by atoms with Gasteiger partial charge in [0.1, 0.15) is 0 Å². The molecule has 0 aromatic heterocycles.